The molecule has 17 heavy (non-hydrogen) atoms. The van der Waals surface area contributed by atoms with Gasteiger partial charge in [0.1, 0.15) is 12.4 Å². The summed E-state index contributed by atoms with van der Waals surface area (Å²) in [5.74, 6) is 0.929. The van der Waals surface area contributed by atoms with Crippen molar-refractivity contribution in [2.75, 3.05) is 6.61 Å². The Morgan fingerprint density at radius 2 is 2.00 bits per heavy atom. The van der Waals surface area contributed by atoms with Crippen LogP contribution in [0.1, 0.15) is 20.8 Å². The van der Waals surface area contributed by atoms with Crippen LogP contribution in [0.25, 0.3) is 10.9 Å². The third kappa shape index (κ3) is 3.01. The molecule has 0 saturated carbocycles. The van der Waals surface area contributed by atoms with E-state index in [9.17, 15) is 0 Å². The molecule has 2 aromatic rings. The van der Waals surface area contributed by atoms with Crippen molar-refractivity contribution >= 4 is 10.9 Å². The number of aromatic amines is 1. The number of rotatable bonds is 5. The summed E-state index contributed by atoms with van der Waals surface area (Å²) in [6.45, 7) is 7.10. The van der Waals surface area contributed by atoms with Crippen LogP contribution in [0.5, 0.6) is 5.75 Å². The van der Waals surface area contributed by atoms with Crippen LogP contribution < -0.4 is 10.1 Å². The fraction of sp³-hybridized carbons (Fsp3) is 0.429. The predicted octanol–water partition coefficient (Wildman–Crippen LogP) is 2.93. The second-order valence-electron chi connectivity index (χ2n) is 4.73. The number of aromatic nitrogens is 1. The van der Waals surface area contributed by atoms with Gasteiger partial charge in [-0.05, 0) is 19.1 Å². The van der Waals surface area contributed by atoms with Crippen molar-refractivity contribution in [3.63, 3.8) is 0 Å². The molecule has 0 bridgehead atoms. The molecule has 2 rings (SSSR count). The lowest BCUT2D eigenvalue weighted by molar-refractivity contribution is 0.268. The van der Waals surface area contributed by atoms with Crippen LogP contribution in [0.4, 0.5) is 0 Å². The van der Waals surface area contributed by atoms with Gasteiger partial charge in [0.05, 0.1) is 0 Å². The Morgan fingerprint density at radius 1 is 1.24 bits per heavy atom. The number of hydrogen-bond acceptors (Lipinski definition) is 2. The zero-order chi connectivity index (χ0) is 12.3. The van der Waals surface area contributed by atoms with E-state index in [2.05, 4.69) is 43.2 Å². The second kappa shape index (κ2) is 5.23. The zero-order valence-electron chi connectivity index (χ0n) is 10.7. The Balaban J connectivity index is 1.99. The highest BCUT2D eigenvalue weighted by atomic mass is 16.5. The highest BCUT2D eigenvalue weighted by Crippen LogP contribution is 2.24. The number of fused-ring (bicyclic) bond motifs is 1. The Labute approximate surface area is 102 Å². The Kier molecular flexibility index (Phi) is 3.69. The van der Waals surface area contributed by atoms with Gasteiger partial charge in [0.2, 0.25) is 0 Å². The Hall–Kier alpha value is -1.48. The third-order valence-corrected chi connectivity index (χ3v) is 2.66. The average molecular weight is 232 g/mol. The quantitative estimate of drug-likeness (QED) is 0.831. The Bertz CT molecular complexity index is 476. The van der Waals surface area contributed by atoms with E-state index in [0.29, 0.717) is 18.7 Å². The number of hydrogen-bond donors (Lipinski definition) is 2. The lowest BCUT2D eigenvalue weighted by atomic mass is 10.2. The molecule has 0 aliphatic carbocycles. The third-order valence-electron chi connectivity index (χ3n) is 2.66. The van der Waals surface area contributed by atoms with Crippen molar-refractivity contribution in [3.05, 3.63) is 30.5 Å². The predicted molar refractivity (Wildman–Crippen MR) is 71.5 cm³/mol. The minimum atomic E-state index is 0.351. The monoisotopic (exact) mass is 232 g/mol. The van der Waals surface area contributed by atoms with Crippen molar-refractivity contribution in [1.29, 1.82) is 0 Å². The molecule has 0 spiro atoms. The van der Waals surface area contributed by atoms with Gasteiger partial charge in [0.15, 0.2) is 0 Å². The van der Waals surface area contributed by atoms with E-state index in [-0.39, 0.29) is 0 Å². The summed E-state index contributed by atoms with van der Waals surface area (Å²) in [5, 5.41) is 4.56. The number of ether oxygens (including phenoxy) is 1. The molecule has 0 radical (unpaired) electrons. The van der Waals surface area contributed by atoms with Crippen molar-refractivity contribution in [2.45, 2.75) is 32.9 Å². The summed E-state index contributed by atoms with van der Waals surface area (Å²) in [7, 11) is 0. The van der Waals surface area contributed by atoms with E-state index in [4.69, 9.17) is 4.74 Å². The highest BCUT2D eigenvalue weighted by Gasteiger charge is 2.07. The van der Waals surface area contributed by atoms with Crippen LogP contribution in [-0.4, -0.2) is 23.7 Å². The summed E-state index contributed by atoms with van der Waals surface area (Å²) in [4.78, 5) is 3.21. The summed E-state index contributed by atoms with van der Waals surface area (Å²) in [6, 6.07) is 9.00. The van der Waals surface area contributed by atoms with Crippen molar-refractivity contribution < 1.29 is 4.74 Å². The fourth-order valence-electron chi connectivity index (χ4n) is 2.00. The van der Waals surface area contributed by atoms with E-state index in [1.165, 1.54) is 0 Å². The van der Waals surface area contributed by atoms with Gasteiger partial charge in [-0.15, -0.1) is 0 Å². The van der Waals surface area contributed by atoms with Gasteiger partial charge in [-0.3, -0.25) is 0 Å². The molecule has 3 nitrogen and oxygen atoms in total. The van der Waals surface area contributed by atoms with Crippen molar-refractivity contribution in [3.8, 4) is 5.75 Å². The number of para-hydroxylation sites is 1. The zero-order valence-corrected chi connectivity index (χ0v) is 10.7. The summed E-state index contributed by atoms with van der Waals surface area (Å²) >= 11 is 0. The first-order valence-electron chi connectivity index (χ1n) is 6.12. The fourth-order valence-corrected chi connectivity index (χ4v) is 2.00. The SMILES string of the molecule is CC(C)NC(C)COc1c[nH]c2ccccc12. The van der Waals surface area contributed by atoms with E-state index in [1.54, 1.807) is 0 Å². The van der Waals surface area contributed by atoms with Crippen LogP contribution >= 0.6 is 0 Å². The second-order valence-corrected chi connectivity index (χ2v) is 4.73. The average Bonchev–Trinajstić information content (AvgIpc) is 2.69. The van der Waals surface area contributed by atoms with E-state index in [0.717, 1.165) is 16.7 Å². The molecule has 3 heteroatoms. The summed E-state index contributed by atoms with van der Waals surface area (Å²) in [6.07, 6.45) is 1.92. The van der Waals surface area contributed by atoms with Gasteiger partial charge < -0.3 is 15.0 Å². The van der Waals surface area contributed by atoms with Crippen LogP contribution in [-0.2, 0) is 0 Å². The van der Waals surface area contributed by atoms with E-state index in [1.807, 2.05) is 18.3 Å². The molecule has 0 fully saturated rings. The lowest BCUT2D eigenvalue weighted by Gasteiger charge is -2.17. The topological polar surface area (TPSA) is 37.0 Å². The molecule has 0 saturated heterocycles. The molecule has 1 unspecified atom stereocenters. The molecule has 1 heterocycles. The van der Waals surface area contributed by atoms with Gasteiger partial charge >= 0.3 is 0 Å². The van der Waals surface area contributed by atoms with E-state index >= 15 is 0 Å². The highest BCUT2D eigenvalue weighted by molar-refractivity contribution is 5.85. The number of H-pyrrole nitrogens is 1. The number of nitrogens with one attached hydrogen (secondary N) is 2. The number of benzene rings is 1. The maximum Gasteiger partial charge on any atom is 0.144 e. The summed E-state index contributed by atoms with van der Waals surface area (Å²) in [5.41, 5.74) is 1.12. The summed E-state index contributed by atoms with van der Waals surface area (Å²) < 4.78 is 5.83. The van der Waals surface area contributed by atoms with Crippen LogP contribution in [0.3, 0.4) is 0 Å². The molecule has 1 aromatic carbocycles. The molecule has 0 aliphatic heterocycles. The maximum atomic E-state index is 5.83. The normalized spacial score (nSPS) is 13.2. The molecule has 0 aliphatic rings. The molecule has 0 amide bonds. The molecular weight excluding hydrogens is 212 g/mol. The smallest absolute Gasteiger partial charge is 0.144 e. The minimum Gasteiger partial charge on any atom is -0.490 e. The molecular formula is C14H20N2O. The molecule has 1 aromatic heterocycles. The maximum absolute atomic E-state index is 5.83. The van der Waals surface area contributed by atoms with Gasteiger partial charge in [-0.1, -0.05) is 26.0 Å². The minimum absolute atomic E-state index is 0.351. The standard InChI is InChI=1S/C14H20N2O/c1-10(2)16-11(3)9-17-14-8-15-13-7-5-4-6-12(13)14/h4-8,10-11,15-16H,9H2,1-3H3. The Morgan fingerprint density at radius 3 is 2.76 bits per heavy atom. The van der Waals surface area contributed by atoms with Gasteiger partial charge in [0, 0.05) is 29.2 Å². The van der Waals surface area contributed by atoms with Crippen LogP contribution in [0.15, 0.2) is 30.5 Å². The van der Waals surface area contributed by atoms with E-state index < -0.39 is 0 Å². The van der Waals surface area contributed by atoms with Crippen molar-refractivity contribution in [2.24, 2.45) is 0 Å². The van der Waals surface area contributed by atoms with Gasteiger partial charge in [-0.25, -0.2) is 0 Å². The molecule has 92 valence electrons. The van der Waals surface area contributed by atoms with Crippen molar-refractivity contribution in [1.82, 2.24) is 10.3 Å². The van der Waals surface area contributed by atoms with Crippen LogP contribution in [0, 0.1) is 0 Å². The molecule has 1 atom stereocenters. The first kappa shape index (κ1) is 12.0. The van der Waals surface area contributed by atoms with Crippen LogP contribution in [0.2, 0.25) is 0 Å². The largest absolute Gasteiger partial charge is 0.490 e. The first-order chi connectivity index (χ1) is 8.16. The molecule has 2 N–H and O–H groups in total. The first-order valence-corrected chi connectivity index (χ1v) is 6.12. The lowest BCUT2D eigenvalue weighted by Crippen LogP contribution is -2.36. The van der Waals surface area contributed by atoms with Gasteiger partial charge in [-0.2, -0.15) is 0 Å². The van der Waals surface area contributed by atoms with Gasteiger partial charge in [0.25, 0.3) is 0 Å².